The van der Waals surface area contributed by atoms with Crippen LogP contribution in [-0.2, 0) is 11.3 Å². The Balaban J connectivity index is 2.02. The molecule has 0 bridgehead atoms. The molecule has 0 aliphatic rings. The van der Waals surface area contributed by atoms with Gasteiger partial charge in [0.1, 0.15) is 6.61 Å². The number of ether oxygens (including phenoxy) is 1. The summed E-state index contributed by atoms with van der Waals surface area (Å²) in [6.07, 6.45) is 1.64. The molecule has 0 N–H and O–H groups in total. The third kappa shape index (κ3) is 2.92. The van der Waals surface area contributed by atoms with E-state index in [2.05, 4.69) is 4.98 Å². The van der Waals surface area contributed by atoms with Crippen molar-refractivity contribution in [2.75, 3.05) is 0 Å². The lowest BCUT2D eigenvalue weighted by molar-refractivity contribution is 0.0467. The third-order valence-corrected chi connectivity index (χ3v) is 2.30. The Morgan fingerprint density at radius 1 is 1.28 bits per heavy atom. The minimum Gasteiger partial charge on any atom is -0.456 e. The Kier molecular flexibility index (Phi) is 3.67. The first-order chi connectivity index (χ1) is 8.79. The predicted molar refractivity (Wildman–Crippen MR) is 64.5 cm³/mol. The van der Waals surface area contributed by atoms with Crippen LogP contribution in [0.5, 0.6) is 0 Å². The Morgan fingerprint density at radius 2 is 2.17 bits per heavy atom. The van der Waals surface area contributed by atoms with Crippen molar-refractivity contribution in [2.45, 2.75) is 6.61 Å². The maximum atomic E-state index is 11.7. The number of rotatable bonds is 3. The molecule has 0 aliphatic heterocycles. The molecular weight excluding hydrogens is 228 g/mol. The Labute approximate surface area is 104 Å². The van der Waals surface area contributed by atoms with Crippen LogP contribution in [0, 0.1) is 11.3 Å². The highest BCUT2D eigenvalue weighted by Gasteiger charge is 2.08. The molecule has 0 saturated carbocycles. The highest BCUT2D eigenvalue weighted by molar-refractivity contribution is 5.89. The van der Waals surface area contributed by atoms with Crippen molar-refractivity contribution in [3.05, 3.63) is 65.5 Å². The van der Waals surface area contributed by atoms with Gasteiger partial charge in [0.15, 0.2) is 0 Å². The van der Waals surface area contributed by atoms with E-state index in [1.54, 1.807) is 36.5 Å². The number of carbonyl (C=O) groups is 1. The van der Waals surface area contributed by atoms with Crippen LogP contribution >= 0.6 is 0 Å². The molecule has 1 aromatic heterocycles. The molecule has 0 aliphatic carbocycles. The second kappa shape index (κ2) is 5.60. The molecular formula is C14H10N2O2. The SMILES string of the molecule is N#Cc1cccc(C(=O)OCc2ccccn2)c1. The summed E-state index contributed by atoms with van der Waals surface area (Å²) in [5.74, 6) is -0.460. The van der Waals surface area contributed by atoms with Crippen LogP contribution in [-0.4, -0.2) is 11.0 Å². The number of hydrogen-bond donors (Lipinski definition) is 0. The quantitative estimate of drug-likeness (QED) is 0.770. The van der Waals surface area contributed by atoms with E-state index >= 15 is 0 Å². The van der Waals surface area contributed by atoms with Gasteiger partial charge in [-0.2, -0.15) is 5.26 Å². The fourth-order valence-corrected chi connectivity index (χ4v) is 1.42. The van der Waals surface area contributed by atoms with Gasteiger partial charge in [-0.15, -0.1) is 0 Å². The van der Waals surface area contributed by atoms with Crippen molar-refractivity contribution in [2.24, 2.45) is 0 Å². The highest BCUT2D eigenvalue weighted by Crippen LogP contribution is 2.07. The number of esters is 1. The van der Waals surface area contributed by atoms with Crippen LogP contribution in [0.4, 0.5) is 0 Å². The normalized spacial score (nSPS) is 9.50. The second-order valence-corrected chi connectivity index (χ2v) is 3.59. The summed E-state index contributed by atoms with van der Waals surface area (Å²) in [4.78, 5) is 15.8. The molecule has 0 spiro atoms. The van der Waals surface area contributed by atoms with E-state index in [1.165, 1.54) is 6.07 Å². The average Bonchev–Trinajstić information content (AvgIpc) is 2.46. The number of hydrogen-bond acceptors (Lipinski definition) is 4. The second-order valence-electron chi connectivity index (χ2n) is 3.59. The molecule has 4 nitrogen and oxygen atoms in total. The number of nitriles is 1. The summed E-state index contributed by atoms with van der Waals surface area (Å²) in [5, 5.41) is 8.74. The number of pyridine rings is 1. The molecule has 2 aromatic rings. The lowest BCUT2D eigenvalue weighted by atomic mass is 10.1. The summed E-state index contributed by atoms with van der Waals surface area (Å²) in [7, 11) is 0. The lowest BCUT2D eigenvalue weighted by Gasteiger charge is -2.04. The number of nitrogens with zero attached hydrogens (tertiary/aromatic N) is 2. The van der Waals surface area contributed by atoms with Gasteiger partial charge >= 0.3 is 5.97 Å². The third-order valence-electron chi connectivity index (χ3n) is 2.30. The molecule has 4 heteroatoms. The zero-order chi connectivity index (χ0) is 12.8. The van der Waals surface area contributed by atoms with Gasteiger partial charge in [0, 0.05) is 6.20 Å². The Morgan fingerprint density at radius 3 is 2.89 bits per heavy atom. The van der Waals surface area contributed by atoms with E-state index in [0.717, 1.165) is 0 Å². The van der Waals surface area contributed by atoms with E-state index in [1.807, 2.05) is 12.1 Å². The minimum atomic E-state index is -0.460. The van der Waals surface area contributed by atoms with Crippen LogP contribution < -0.4 is 0 Å². The van der Waals surface area contributed by atoms with Gasteiger partial charge in [0.2, 0.25) is 0 Å². The molecule has 0 radical (unpaired) electrons. The molecule has 1 heterocycles. The fraction of sp³-hybridized carbons (Fsp3) is 0.0714. The molecule has 0 atom stereocenters. The fourth-order valence-electron chi connectivity index (χ4n) is 1.42. The van der Waals surface area contributed by atoms with E-state index < -0.39 is 5.97 Å². The van der Waals surface area contributed by atoms with Gasteiger partial charge in [-0.1, -0.05) is 12.1 Å². The zero-order valence-corrected chi connectivity index (χ0v) is 9.54. The van der Waals surface area contributed by atoms with Crippen molar-refractivity contribution < 1.29 is 9.53 Å². The topological polar surface area (TPSA) is 63.0 Å². The first-order valence-electron chi connectivity index (χ1n) is 5.37. The number of benzene rings is 1. The van der Waals surface area contributed by atoms with Crippen LogP contribution in [0.1, 0.15) is 21.6 Å². The zero-order valence-electron chi connectivity index (χ0n) is 9.54. The monoisotopic (exact) mass is 238 g/mol. The van der Waals surface area contributed by atoms with Crippen molar-refractivity contribution in [1.82, 2.24) is 4.98 Å². The first kappa shape index (κ1) is 11.8. The van der Waals surface area contributed by atoms with Crippen molar-refractivity contribution in [3.63, 3.8) is 0 Å². The summed E-state index contributed by atoms with van der Waals surface area (Å²) in [5.41, 5.74) is 1.48. The largest absolute Gasteiger partial charge is 0.456 e. The molecule has 2 rings (SSSR count). The van der Waals surface area contributed by atoms with Gasteiger partial charge in [-0.25, -0.2) is 4.79 Å². The summed E-state index contributed by atoms with van der Waals surface area (Å²) < 4.78 is 5.10. The molecule has 0 saturated heterocycles. The van der Waals surface area contributed by atoms with Crippen LogP contribution in [0.2, 0.25) is 0 Å². The van der Waals surface area contributed by atoms with Crippen molar-refractivity contribution in [1.29, 1.82) is 5.26 Å². The van der Waals surface area contributed by atoms with Gasteiger partial charge in [-0.05, 0) is 30.3 Å². The number of aromatic nitrogens is 1. The van der Waals surface area contributed by atoms with E-state index in [0.29, 0.717) is 16.8 Å². The van der Waals surface area contributed by atoms with Gasteiger partial charge in [-0.3, -0.25) is 4.98 Å². The highest BCUT2D eigenvalue weighted by atomic mass is 16.5. The summed E-state index contributed by atoms with van der Waals surface area (Å²) >= 11 is 0. The standard InChI is InChI=1S/C14H10N2O2/c15-9-11-4-3-5-12(8-11)14(17)18-10-13-6-1-2-7-16-13/h1-8H,10H2. The molecule has 18 heavy (non-hydrogen) atoms. The van der Waals surface area contributed by atoms with Crippen LogP contribution in [0.3, 0.4) is 0 Å². The minimum absolute atomic E-state index is 0.121. The molecule has 0 unspecified atom stereocenters. The van der Waals surface area contributed by atoms with Crippen molar-refractivity contribution >= 4 is 5.97 Å². The summed E-state index contributed by atoms with van der Waals surface area (Å²) in [6.45, 7) is 0.121. The molecule has 1 aromatic carbocycles. The van der Waals surface area contributed by atoms with Crippen LogP contribution in [0.15, 0.2) is 48.7 Å². The van der Waals surface area contributed by atoms with Gasteiger partial charge in [0.05, 0.1) is 22.9 Å². The maximum Gasteiger partial charge on any atom is 0.338 e. The molecule has 0 amide bonds. The first-order valence-corrected chi connectivity index (χ1v) is 5.37. The lowest BCUT2D eigenvalue weighted by Crippen LogP contribution is -2.06. The van der Waals surface area contributed by atoms with E-state index in [4.69, 9.17) is 10.00 Å². The smallest absolute Gasteiger partial charge is 0.338 e. The maximum absolute atomic E-state index is 11.7. The Hall–Kier alpha value is -2.67. The van der Waals surface area contributed by atoms with Gasteiger partial charge in [0.25, 0.3) is 0 Å². The summed E-state index contributed by atoms with van der Waals surface area (Å²) in [6, 6.07) is 13.8. The molecule has 88 valence electrons. The van der Waals surface area contributed by atoms with Crippen molar-refractivity contribution in [3.8, 4) is 6.07 Å². The van der Waals surface area contributed by atoms with E-state index in [-0.39, 0.29) is 6.61 Å². The van der Waals surface area contributed by atoms with Crippen LogP contribution in [0.25, 0.3) is 0 Å². The van der Waals surface area contributed by atoms with Gasteiger partial charge < -0.3 is 4.74 Å². The number of carbonyl (C=O) groups excluding carboxylic acids is 1. The predicted octanol–water partition coefficient (Wildman–Crippen LogP) is 2.31. The Bertz CT molecular complexity index is 588. The average molecular weight is 238 g/mol. The molecule has 0 fully saturated rings. The van der Waals surface area contributed by atoms with E-state index in [9.17, 15) is 4.79 Å².